The number of nitrogen functional groups attached to an aromatic ring is 1. The zero-order valence-corrected chi connectivity index (χ0v) is 11.2. The van der Waals surface area contributed by atoms with Crippen LogP contribution >= 0.6 is 0 Å². The number of nitrogens with two attached hydrogens (primary N) is 1. The molecule has 0 fully saturated rings. The quantitative estimate of drug-likeness (QED) is 0.565. The maximum Gasteiger partial charge on any atom is 0.261 e. The fourth-order valence-electron chi connectivity index (χ4n) is 1.49. The first-order valence-electron chi connectivity index (χ1n) is 6.15. The number of para-hydroxylation sites is 1. The molecular formula is C13H20F2N2O2. The minimum Gasteiger partial charge on any atom is -0.489 e. The van der Waals surface area contributed by atoms with E-state index >= 15 is 0 Å². The number of hydrogen-bond acceptors (Lipinski definition) is 4. The van der Waals surface area contributed by atoms with Gasteiger partial charge < -0.3 is 20.5 Å². The molecule has 108 valence electrons. The molecule has 0 heterocycles. The Labute approximate surface area is 111 Å². The molecule has 1 aromatic carbocycles. The largest absolute Gasteiger partial charge is 0.489 e. The molecular weight excluding hydrogens is 254 g/mol. The van der Waals surface area contributed by atoms with E-state index in [1.165, 1.54) is 0 Å². The third-order valence-corrected chi connectivity index (χ3v) is 2.23. The maximum absolute atomic E-state index is 11.8. The van der Waals surface area contributed by atoms with E-state index in [9.17, 15) is 8.78 Å². The van der Waals surface area contributed by atoms with Gasteiger partial charge in [0, 0.05) is 6.54 Å². The molecule has 0 saturated heterocycles. The van der Waals surface area contributed by atoms with Crippen molar-refractivity contribution >= 4 is 11.4 Å². The second kappa shape index (κ2) is 7.78. The van der Waals surface area contributed by atoms with E-state index in [0.29, 0.717) is 23.7 Å². The smallest absolute Gasteiger partial charge is 0.261 e. The van der Waals surface area contributed by atoms with Crippen molar-refractivity contribution in [2.75, 3.05) is 30.8 Å². The third-order valence-electron chi connectivity index (χ3n) is 2.23. The van der Waals surface area contributed by atoms with E-state index in [-0.39, 0.29) is 12.7 Å². The van der Waals surface area contributed by atoms with Crippen molar-refractivity contribution in [2.24, 2.45) is 0 Å². The highest BCUT2D eigenvalue weighted by atomic mass is 19.3. The van der Waals surface area contributed by atoms with Crippen molar-refractivity contribution in [3.05, 3.63) is 18.2 Å². The standard InChI is InChI=1S/C13H20F2N2O2/c1-9(2)19-11-5-3-4-10(13(11)16)17-6-7-18-8-12(14)15/h3-5,9,12,17H,6-8,16H2,1-2H3. The molecule has 0 spiro atoms. The molecule has 0 atom stereocenters. The fourth-order valence-corrected chi connectivity index (χ4v) is 1.49. The van der Waals surface area contributed by atoms with Crippen molar-refractivity contribution in [2.45, 2.75) is 26.4 Å². The first-order valence-corrected chi connectivity index (χ1v) is 6.15. The molecule has 0 aliphatic rings. The van der Waals surface area contributed by atoms with Crippen LogP contribution in [0.5, 0.6) is 5.75 Å². The van der Waals surface area contributed by atoms with Crippen molar-refractivity contribution in [1.29, 1.82) is 0 Å². The molecule has 0 aliphatic carbocycles. The van der Waals surface area contributed by atoms with Gasteiger partial charge in [0.1, 0.15) is 12.4 Å². The van der Waals surface area contributed by atoms with Crippen LogP contribution in [0.3, 0.4) is 0 Å². The second-order valence-corrected chi connectivity index (χ2v) is 4.28. The maximum atomic E-state index is 11.8. The summed E-state index contributed by atoms with van der Waals surface area (Å²) < 4.78 is 34.0. The predicted molar refractivity (Wildman–Crippen MR) is 71.9 cm³/mol. The van der Waals surface area contributed by atoms with Crippen LogP contribution in [-0.2, 0) is 4.74 Å². The Morgan fingerprint density at radius 3 is 2.68 bits per heavy atom. The highest BCUT2D eigenvalue weighted by Crippen LogP contribution is 2.29. The summed E-state index contributed by atoms with van der Waals surface area (Å²) in [5, 5.41) is 3.03. The number of rotatable bonds is 8. The summed E-state index contributed by atoms with van der Waals surface area (Å²) in [6.07, 6.45) is -2.40. The van der Waals surface area contributed by atoms with Crippen LogP contribution in [0.15, 0.2) is 18.2 Å². The van der Waals surface area contributed by atoms with Crippen LogP contribution in [0.2, 0.25) is 0 Å². The normalized spacial score (nSPS) is 11.1. The number of alkyl halides is 2. The molecule has 19 heavy (non-hydrogen) atoms. The molecule has 0 bridgehead atoms. The number of ether oxygens (including phenoxy) is 2. The predicted octanol–water partition coefficient (Wildman–Crippen LogP) is 2.75. The van der Waals surface area contributed by atoms with Crippen LogP contribution in [0.25, 0.3) is 0 Å². The molecule has 0 aliphatic heterocycles. The van der Waals surface area contributed by atoms with Crippen molar-refractivity contribution in [3.8, 4) is 5.75 Å². The van der Waals surface area contributed by atoms with Gasteiger partial charge in [0.15, 0.2) is 0 Å². The molecule has 1 aromatic rings. The lowest BCUT2D eigenvalue weighted by molar-refractivity contribution is 0.0215. The summed E-state index contributed by atoms with van der Waals surface area (Å²) in [7, 11) is 0. The lowest BCUT2D eigenvalue weighted by atomic mass is 10.2. The van der Waals surface area contributed by atoms with Crippen LogP contribution in [0.1, 0.15) is 13.8 Å². The van der Waals surface area contributed by atoms with Crippen molar-refractivity contribution in [3.63, 3.8) is 0 Å². The van der Waals surface area contributed by atoms with Crippen molar-refractivity contribution in [1.82, 2.24) is 0 Å². The molecule has 3 N–H and O–H groups in total. The lowest BCUT2D eigenvalue weighted by Gasteiger charge is -2.15. The number of benzene rings is 1. The molecule has 0 saturated carbocycles. The molecule has 0 amide bonds. The number of halogens is 2. The van der Waals surface area contributed by atoms with Gasteiger partial charge in [0.25, 0.3) is 6.43 Å². The van der Waals surface area contributed by atoms with Gasteiger partial charge in [-0.25, -0.2) is 8.78 Å². The summed E-state index contributed by atoms with van der Waals surface area (Å²) in [5.74, 6) is 0.605. The minimum absolute atomic E-state index is 0.0342. The average molecular weight is 274 g/mol. The summed E-state index contributed by atoms with van der Waals surface area (Å²) in [6, 6.07) is 5.40. The average Bonchev–Trinajstić information content (AvgIpc) is 2.32. The zero-order chi connectivity index (χ0) is 14.3. The van der Waals surface area contributed by atoms with Gasteiger partial charge in [-0.2, -0.15) is 0 Å². The second-order valence-electron chi connectivity index (χ2n) is 4.28. The first-order chi connectivity index (χ1) is 9.00. The SMILES string of the molecule is CC(C)Oc1cccc(NCCOCC(F)F)c1N. The van der Waals surface area contributed by atoms with Gasteiger partial charge >= 0.3 is 0 Å². The Morgan fingerprint density at radius 2 is 2.05 bits per heavy atom. The first kappa shape index (κ1) is 15.5. The van der Waals surface area contributed by atoms with Gasteiger partial charge in [0.05, 0.1) is 24.1 Å². The monoisotopic (exact) mass is 274 g/mol. The number of hydrogen-bond donors (Lipinski definition) is 2. The van der Waals surface area contributed by atoms with Gasteiger partial charge in [-0.3, -0.25) is 0 Å². The fraction of sp³-hybridized carbons (Fsp3) is 0.538. The summed E-state index contributed by atoms with van der Waals surface area (Å²) in [6.45, 7) is 3.88. The van der Waals surface area contributed by atoms with Gasteiger partial charge in [-0.15, -0.1) is 0 Å². The molecule has 0 radical (unpaired) electrons. The van der Waals surface area contributed by atoms with Crippen LogP contribution in [-0.4, -0.2) is 32.3 Å². The van der Waals surface area contributed by atoms with Crippen molar-refractivity contribution < 1.29 is 18.3 Å². The minimum atomic E-state index is -2.44. The van der Waals surface area contributed by atoms with E-state index in [0.717, 1.165) is 0 Å². The highest BCUT2D eigenvalue weighted by molar-refractivity contribution is 5.72. The Bertz CT molecular complexity index is 387. The van der Waals surface area contributed by atoms with E-state index in [4.69, 9.17) is 15.2 Å². The van der Waals surface area contributed by atoms with Gasteiger partial charge in [0.2, 0.25) is 0 Å². The molecule has 1 rings (SSSR count). The number of anilines is 2. The van der Waals surface area contributed by atoms with E-state index in [2.05, 4.69) is 5.32 Å². The Kier molecular flexibility index (Phi) is 6.35. The Hall–Kier alpha value is -1.56. The lowest BCUT2D eigenvalue weighted by Crippen LogP contribution is -2.14. The topological polar surface area (TPSA) is 56.5 Å². The van der Waals surface area contributed by atoms with Gasteiger partial charge in [-0.1, -0.05) is 6.07 Å². The van der Waals surface area contributed by atoms with Gasteiger partial charge in [-0.05, 0) is 26.0 Å². The Balaban J connectivity index is 2.45. The Morgan fingerprint density at radius 1 is 1.32 bits per heavy atom. The van der Waals surface area contributed by atoms with E-state index in [1.54, 1.807) is 12.1 Å². The highest BCUT2D eigenvalue weighted by Gasteiger charge is 2.07. The zero-order valence-electron chi connectivity index (χ0n) is 11.2. The summed E-state index contributed by atoms with van der Waals surface area (Å²) >= 11 is 0. The molecule has 0 aromatic heterocycles. The summed E-state index contributed by atoms with van der Waals surface area (Å²) in [5.41, 5.74) is 7.16. The molecule has 0 unspecified atom stereocenters. The third kappa shape index (κ3) is 5.74. The van der Waals surface area contributed by atoms with Crippen LogP contribution < -0.4 is 15.8 Å². The van der Waals surface area contributed by atoms with E-state index in [1.807, 2.05) is 19.9 Å². The molecule has 6 heteroatoms. The van der Waals surface area contributed by atoms with E-state index < -0.39 is 13.0 Å². The van der Waals surface area contributed by atoms with Crippen LogP contribution in [0, 0.1) is 0 Å². The number of nitrogens with one attached hydrogen (secondary N) is 1. The summed E-state index contributed by atoms with van der Waals surface area (Å²) in [4.78, 5) is 0. The molecule has 4 nitrogen and oxygen atoms in total. The van der Waals surface area contributed by atoms with Crippen LogP contribution in [0.4, 0.5) is 20.2 Å².